The third-order valence-electron chi connectivity index (χ3n) is 1.51. The lowest BCUT2D eigenvalue weighted by Gasteiger charge is -1.94. The van der Waals surface area contributed by atoms with Crippen LogP contribution in [0.5, 0.6) is 11.5 Å². The Morgan fingerprint density at radius 1 is 1.42 bits per heavy atom. The highest BCUT2D eigenvalue weighted by atomic mass is 35.5. The van der Waals surface area contributed by atoms with Crippen LogP contribution in [0.3, 0.4) is 0 Å². The Hall–Kier alpha value is -1.42. The maximum Gasteiger partial charge on any atom is 0.339 e. The van der Waals surface area contributed by atoms with Gasteiger partial charge in [-0.15, -0.1) is 0 Å². The molecule has 1 heterocycles. The number of aromatic carboxylic acids is 1. The van der Waals surface area contributed by atoms with Gasteiger partial charge < -0.3 is 5.11 Å². The molecule has 0 fully saturated rings. The Kier molecular flexibility index (Phi) is 1.38. The van der Waals surface area contributed by atoms with Gasteiger partial charge in [0.05, 0.1) is 0 Å². The summed E-state index contributed by atoms with van der Waals surface area (Å²) in [6.45, 7) is 0. The highest BCUT2D eigenvalue weighted by Crippen LogP contribution is 2.42. The van der Waals surface area contributed by atoms with Crippen LogP contribution in [0.15, 0.2) is 12.1 Å². The zero-order valence-electron chi connectivity index (χ0n) is 5.70. The quantitative estimate of drug-likeness (QED) is 0.679. The summed E-state index contributed by atoms with van der Waals surface area (Å²) < 4.78 is 0. The molecule has 4 nitrogen and oxygen atoms in total. The lowest BCUT2D eigenvalue weighted by molar-refractivity contribution is -0.0852. The van der Waals surface area contributed by atoms with Gasteiger partial charge in [-0.3, -0.25) is 9.78 Å². The molecule has 1 N–H and O–H groups in total. The molecule has 12 heavy (non-hydrogen) atoms. The Bertz CT molecular complexity index is 361. The summed E-state index contributed by atoms with van der Waals surface area (Å²) in [5.41, 5.74) is 0.00116. The number of benzene rings is 1. The number of halogens is 1. The summed E-state index contributed by atoms with van der Waals surface area (Å²) in [5.74, 6) is -0.678. The van der Waals surface area contributed by atoms with E-state index in [0.29, 0.717) is 5.75 Å². The maximum absolute atomic E-state index is 10.6. The summed E-state index contributed by atoms with van der Waals surface area (Å²) in [6.07, 6.45) is 0. The number of fused-ring (bicyclic) bond motifs is 2. The molecule has 0 aromatic heterocycles. The van der Waals surface area contributed by atoms with Gasteiger partial charge in [0.15, 0.2) is 0 Å². The number of hydrogen-bond acceptors (Lipinski definition) is 3. The monoisotopic (exact) mass is 186 g/mol. The molecule has 0 atom stereocenters. The predicted molar refractivity (Wildman–Crippen MR) is 39.7 cm³/mol. The van der Waals surface area contributed by atoms with E-state index in [1.54, 1.807) is 0 Å². The van der Waals surface area contributed by atoms with E-state index in [2.05, 4.69) is 9.78 Å². The van der Waals surface area contributed by atoms with E-state index in [0.717, 1.165) is 0 Å². The van der Waals surface area contributed by atoms with Gasteiger partial charge in [0, 0.05) is 0 Å². The molecular formula is C7H3ClO4. The van der Waals surface area contributed by atoms with Crippen molar-refractivity contribution < 1.29 is 19.7 Å². The zero-order chi connectivity index (χ0) is 8.72. The second-order valence-electron chi connectivity index (χ2n) is 2.23. The fraction of sp³-hybridized carbons (Fsp3) is 0. The number of hydrogen-bond donors (Lipinski definition) is 1. The molecule has 5 heteroatoms. The topological polar surface area (TPSA) is 55.8 Å². The Labute approximate surface area is 72.2 Å². The minimum absolute atomic E-state index is 0.00116. The molecule has 0 aliphatic carbocycles. The first-order valence-electron chi connectivity index (χ1n) is 3.10. The molecular weight excluding hydrogens is 184 g/mol. The normalized spacial score (nSPS) is 12.1. The first-order valence-corrected chi connectivity index (χ1v) is 3.48. The third-order valence-corrected chi connectivity index (χ3v) is 1.86. The third kappa shape index (κ3) is 0.816. The van der Waals surface area contributed by atoms with E-state index in [4.69, 9.17) is 16.7 Å². The van der Waals surface area contributed by atoms with Crippen molar-refractivity contribution in [2.75, 3.05) is 0 Å². The molecule has 2 rings (SSSR count). The largest absolute Gasteiger partial charge is 0.478 e. The van der Waals surface area contributed by atoms with Gasteiger partial charge in [-0.1, -0.05) is 11.6 Å². The molecule has 0 radical (unpaired) electrons. The number of carboxylic acid groups (broad SMARTS) is 1. The summed E-state index contributed by atoms with van der Waals surface area (Å²) >= 11 is 5.68. The smallest absolute Gasteiger partial charge is 0.339 e. The molecule has 2 bridgehead atoms. The van der Waals surface area contributed by atoms with Crippen molar-refractivity contribution in [3.63, 3.8) is 0 Å². The van der Waals surface area contributed by atoms with Gasteiger partial charge in [-0.2, -0.15) is 0 Å². The Morgan fingerprint density at radius 2 is 2.17 bits per heavy atom. The summed E-state index contributed by atoms with van der Waals surface area (Å²) in [5, 5.41) is 8.85. The molecule has 0 saturated heterocycles. The molecule has 0 amide bonds. The Morgan fingerprint density at radius 3 is 2.83 bits per heavy atom. The predicted octanol–water partition coefficient (Wildman–Crippen LogP) is 1.72. The van der Waals surface area contributed by atoms with E-state index in [1.807, 2.05) is 0 Å². The number of carboxylic acids is 1. The SMILES string of the molecule is O=C(O)c1ccc2c(Cl)c1OO2. The van der Waals surface area contributed by atoms with Gasteiger partial charge in [0.25, 0.3) is 0 Å². The summed E-state index contributed by atoms with van der Waals surface area (Å²) in [4.78, 5) is 19.8. The molecule has 1 aliphatic rings. The molecule has 1 aliphatic heterocycles. The lowest BCUT2D eigenvalue weighted by Crippen LogP contribution is -1.99. The van der Waals surface area contributed by atoms with Crippen molar-refractivity contribution in [1.29, 1.82) is 0 Å². The average molecular weight is 187 g/mol. The van der Waals surface area contributed by atoms with Gasteiger partial charge in [-0.05, 0) is 12.1 Å². The molecule has 1 aromatic carbocycles. The lowest BCUT2D eigenvalue weighted by atomic mass is 10.2. The Balaban J connectivity index is 2.64. The molecule has 62 valence electrons. The van der Waals surface area contributed by atoms with Crippen LogP contribution < -0.4 is 9.78 Å². The standard InChI is InChI=1S/C7H3ClO4/c8-5-4-2-1-3(7(9)10)6(5)12-11-4/h1-2H,(H,9,10). The van der Waals surface area contributed by atoms with Crippen molar-refractivity contribution in [3.05, 3.63) is 22.7 Å². The number of carbonyl (C=O) groups is 1. The van der Waals surface area contributed by atoms with Crippen LogP contribution in [0, 0.1) is 0 Å². The van der Waals surface area contributed by atoms with E-state index in [-0.39, 0.29) is 16.3 Å². The van der Waals surface area contributed by atoms with Gasteiger partial charge in [0.2, 0.25) is 11.5 Å². The van der Waals surface area contributed by atoms with Crippen LogP contribution in [0.4, 0.5) is 0 Å². The van der Waals surface area contributed by atoms with Crippen LogP contribution in [0.1, 0.15) is 10.4 Å². The zero-order valence-corrected chi connectivity index (χ0v) is 6.46. The van der Waals surface area contributed by atoms with Crippen LogP contribution >= 0.6 is 11.6 Å². The fourth-order valence-corrected chi connectivity index (χ4v) is 1.17. The van der Waals surface area contributed by atoms with Crippen LogP contribution in [0.2, 0.25) is 5.02 Å². The van der Waals surface area contributed by atoms with E-state index < -0.39 is 5.97 Å². The second kappa shape index (κ2) is 2.28. The summed E-state index contributed by atoms with van der Waals surface area (Å²) in [7, 11) is 0. The minimum atomic E-state index is -1.09. The highest BCUT2D eigenvalue weighted by Gasteiger charge is 2.26. The van der Waals surface area contributed by atoms with Gasteiger partial charge in [-0.25, -0.2) is 4.79 Å². The van der Waals surface area contributed by atoms with Crippen molar-refractivity contribution in [1.82, 2.24) is 0 Å². The first-order chi connectivity index (χ1) is 5.70. The van der Waals surface area contributed by atoms with Crippen molar-refractivity contribution in [2.24, 2.45) is 0 Å². The van der Waals surface area contributed by atoms with Crippen molar-refractivity contribution in [2.45, 2.75) is 0 Å². The van der Waals surface area contributed by atoms with Gasteiger partial charge in [0.1, 0.15) is 10.6 Å². The molecule has 0 unspecified atom stereocenters. The molecule has 0 saturated carbocycles. The summed E-state index contributed by atoms with van der Waals surface area (Å²) in [6, 6.07) is 2.83. The van der Waals surface area contributed by atoms with E-state index >= 15 is 0 Å². The van der Waals surface area contributed by atoms with Crippen molar-refractivity contribution in [3.8, 4) is 11.5 Å². The van der Waals surface area contributed by atoms with Crippen LogP contribution in [-0.2, 0) is 0 Å². The fourth-order valence-electron chi connectivity index (χ4n) is 0.939. The van der Waals surface area contributed by atoms with E-state index in [9.17, 15) is 4.79 Å². The molecule has 0 spiro atoms. The first kappa shape index (κ1) is 7.24. The van der Waals surface area contributed by atoms with Crippen molar-refractivity contribution >= 4 is 17.6 Å². The minimum Gasteiger partial charge on any atom is -0.478 e. The average Bonchev–Trinajstić information content (AvgIpc) is 2.32. The van der Waals surface area contributed by atoms with Gasteiger partial charge >= 0.3 is 5.97 Å². The van der Waals surface area contributed by atoms with Crippen LogP contribution in [-0.4, -0.2) is 11.1 Å². The molecule has 1 aromatic rings. The number of rotatable bonds is 1. The maximum atomic E-state index is 10.6. The van der Waals surface area contributed by atoms with E-state index in [1.165, 1.54) is 12.1 Å². The second-order valence-corrected chi connectivity index (χ2v) is 2.60. The van der Waals surface area contributed by atoms with Crippen LogP contribution in [0.25, 0.3) is 0 Å². The highest BCUT2D eigenvalue weighted by molar-refractivity contribution is 6.34.